The van der Waals surface area contributed by atoms with E-state index >= 15 is 0 Å². The number of unbranched alkanes of at least 4 members (excludes halogenated alkanes) is 7. The van der Waals surface area contributed by atoms with Gasteiger partial charge >= 0.3 is 0 Å². The monoisotopic (exact) mass is 279 g/mol. The molecule has 5 nitrogen and oxygen atoms in total. The molecule has 0 atom stereocenters. The zero-order chi connectivity index (χ0) is 14.6. The summed E-state index contributed by atoms with van der Waals surface area (Å²) in [7, 11) is 1.82. The molecule has 1 aromatic rings. The molecule has 0 amide bonds. The summed E-state index contributed by atoms with van der Waals surface area (Å²) in [5, 5.41) is 6.27. The topological polar surface area (TPSA) is 75.9 Å². The van der Waals surface area contributed by atoms with Crippen molar-refractivity contribution >= 4 is 17.6 Å². The van der Waals surface area contributed by atoms with Crippen LogP contribution in [0.2, 0.25) is 0 Å². The maximum atomic E-state index is 5.64. The summed E-state index contributed by atoms with van der Waals surface area (Å²) in [6.45, 7) is 3.19. The normalized spacial score (nSPS) is 10.5. The Morgan fingerprint density at radius 1 is 0.950 bits per heavy atom. The molecule has 0 saturated heterocycles. The van der Waals surface area contributed by atoms with Gasteiger partial charge in [-0.05, 0) is 6.42 Å². The summed E-state index contributed by atoms with van der Waals surface area (Å²) in [6.07, 6.45) is 10.6. The van der Waals surface area contributed by atoms with Crippen LogP contribution < -0.4 is 16.4 Å². The Kier molecular flexibility index (Phi) is 8.51. The molecular weight excluding hydrogens is 250 g/mol. The molecule has 114 valence electrons. The van der Waals surface area contributed by atoms with E-state index in [1.807, 2.05) is 13.1 Å². The minimum Gasteiger partial charge on any atom is -0.373 e. The van der Waals surface area contributed by atoms with E-state index in [2.05, 4.69) is 27.5 Å². The van der Waals surface area contributed by atoms with Crippen LogP contribution in [-0.4, -0.2) is 23.6 Å². The van der Waals surface area contributed by atoms with E-state index in [-0.39, 0.29) is 0 Å². The quantitative estimate of drug-likeness (QED) is 0.539. The smallest absolute Gasteiger partial charge is 0.223 e. The highest BCUT2D eigenvalue weighted by molar-refractivity contribution is 5.50. The van der Waals surface area contributed by atoms with Gasteiger partial charge in [0.2, 0.25) is 5.95 Å². The Labute approximate surface area is 122 Å². The van der Waals surface area contributed by atoms with Crippen molar-refractivity contribution in [1.82, 2.24) is 9.97 Å². The summed E-state index contributed by atoms with van der Waals surface area (Å²) in [4.78, 5) is 8.23. The summed E-state index contributed by atoms with van der Waals surface area (Å²) in [5.74, 6) is 1.84. The summed E-state index contributed by atoms with van der Waals surface area (Å²) in [6, 6.07) is 1.88. The maximum Gasteiger partial charge on any atom is 0.223 e. The minimum atomic E-state index is 0.301. The lowest BCUT2D eigenvalue weighted by Gasteiger charge is -2.08. The van der Waals surface area contributed by atoms with Gasteiger partial charge in [-0.25, -0.2) is 0 Å². The molecule has 0 aliphatic carbocycles. The van der Waals surface area contributed by atoms with Crippen LogP contribution in [0.3, 0.4) is 0 Å². The van der Waals surface area contributed by atoms with E-state index in [1.54, 1.807) is 0 Å². The molecule has 0 aliphatic rings. The Hall–Kier alpha value is -1.52. The minimum absolute atomic E-state index is 0.301. The number of nitrogens with zero attached hydrogens (tertiary/aromatic N) is 2. The molecule has 0 bridgehead atoms. The van der Waals surface area contributed by atoms with Gasteiger partial charge in [-0.1, -0.05) is 51.9 Å². The van der Waals surface area contributed by atoms with Crippen molar-refractivity contribution in [2.24, 2.45) is 0 Å². The van der Waals surface area contributed by atoms with Crippen LogP contribution >= 0.6 is 0 Å². The van der Waals surface area contributed by atoms with E-state index in [1.165, 1.54) is 51.4 Å². The Morgan fingerprint density at radius 3 is 2.20 bits per heavy atom. The molecule has 4 N–H and O–H groups in total. The first-order valence-corrected chi connectivity index (χ1v) is 7.82. The van der Waals surface area contributed by atoms with Crippen molar-refractivity contribution in [3.8, 4) is 0 Å². The summed E-state index contributed by atoms with van der Waals surface area (Å²) in [5.41, 5.74) is 5.64. The lowest BCUT2D eigenvalue weighted by molar-refractivity contribution is 0.581. The average molecular weight is 279 g/mol. The van der Waals surface area contributed by atoms with E-state index < -0.39 is 0 Å². The number of hydrogen-bond donors (Lipinski definition) is 3. The van der Waals surface area contributed by atoms with E-state index in [9.17, 15) is 0 Å². The van der Waals surface area contributed by atoms with E-state index in [0.717, 1.165) is 18.2 Å². The largest absolute Gasteiger partial charge is 0.373 e. The molecule has 0 aliphatic heterocycles. The zero-order valence-corrected chi connectivity index (χ0v) is 12.9. The van der Waals surface area contributed by atoms with Crippen LogP contribution in [0.15, 0.2) is 6.07 Å². The number of aromatic nitrogens is 2. The first-order valence-electron chi connectivity index (χ1n) is 7.82. The molecule has 0 spiro atoms. The van der Waals surface area contributed by atoms with Crippen LogP contribution in [0.1, 0.15) is 58.3 Å². The molecule has 1 heterocycles. The van der Waals surface area contributed by atoms with Crippen molar-refractivity contribution in [3.05, 3.63) is 6.07 Å². The molecule has 1 aromatic heterocycles. The van der Waals surface area contributed by atoms with Crippen LogP contribution in [0.25, 0.3) is 0 Å². The molecular formula is C15H29N5. The van der Waals surface area contributed by atoms with Gasteiger partial charge in [0.05, 0.1) is 0 Å². The number of anilines is 3. The van der Waals surface area contributed by atoms with E-state index in [4.69, 9.17) is 5.73 Å². The Balaban J connectivity index is 2.08. The maximum absolute atomic E-state index is 5.64. The highest BCUT2D eigenvalue weighted by atomic mass is 15.1. The molecule has 0 aromatic carbocycles. The third-order valence-electron chi connectivity index (χ3n) is 3.34. The fraction of sp³-hybridized carbons (Fsp3) is 0.733. The number of rotatable bonds is 11. The third-order valence-corrected chi connectivity index (χ3v) is 3.34. The van der Waals surface area contributed by atoms with Crippen LogP contribution in [-0.2, 0) is 0 Å². The molecule has 0 fully saturated rings. The second-order valence-electron chi connectivity index (χ2n) is 5.15. The molecule has 0 unspecified atom stereocenters. The summed E-state index contributed by atoms with van der Waals surface area (Å²) < 4.78 is 0. The van der Waals surface area contributed by atoms with Crippen molar-refractivity contribution in [2.75, 3.05) is 30.0 Å². The second-order valence-corrected chi connectivity index (χ2v) is 5.15. The Morgan fingerprint density at radius 2 is 1.55 bits per heavy atom. The second kappa shape index (κ2) is 10.3. The molecule has 0 saturated carbocycles. The van der Waals surface area contributed by atoms with Gasteiger partial charge in [-0.15, -0.1) is 0 Å². The lowest BCUT2D eigenvalue weighted by atomic mass is 10.1. The third kappa shape index (κ3) is 7.16. The van der Waals surface area contributed by atoms with Gasteiger partial charge in [0, 0.05) is 19.7 Å². The number of nitrogen functional groups attached to an aromatic ring is 1. The summed E-state index contributed by atoms with van der Waals surface area (Å²) >= 11 is 0. The van der Waals surface area contributed by atoms with Gasteiger partial charge in [-0.3, -0.25) is 0 Å². The van der Waals surface area contributed by atoms with Crippen molar-refractivity contribution in [1.29, 1.82) is 0 Å². The van der Waals surface area contributed by atoms with Gasteiger partial charge in [0.15, 0.2) is 0 Å². The van der Waals surface area contributed by atoms with Gasteiger partial charge < -0.3 is 16.4 Å². The van der Waals surface area contributed by atoms with Gasteiger partial charge in [0.1, 0.15) is 11.6 Å². The molecule has 20 heavy (non-hydrogen) atoms. The fourth-order valence-corrected chi connectivity index (χ4v) is 2.16. The number of hydrogen-bond acceptors (Lipinski definition) is 5. The zero-order valence-electron chi connectivity index (χ0n) is 12.9. The first-order chi connectivity index (χ1) is 9.76. The highest BCUT2D eigenvalue weighted by Gasteiger charge is 2.00. The molecule has 0 radical (unpaired) electrons. The SMILES string of the molecule is CCCCCCCCCCNc1cc(NC)nc(N)n1. The fourth-order valence-electron chi connectivity index (χ4n) is 2.16. The van der Waals surface area contributed by atoms with E-state index in [0.29, 0.717) is 5.95 Å². The standard InChI is InChI=1S/C15H29N5/c1-3-4-5-6-7-8-9-10-11-18-14-12-13(17-2)19-15(16)20-14/h12H,3-11H2,1-2H3,(H4,16,17,18,19,20). The number of nitrogens with one attached hydrogen (secondary N) is 2. The predicted octanol–water partition coefficient (Wildman–Crippen LogP) is 3.65. The Bertz CT molecular complexity index is 367. The molecule has 1 rings (SSSR count). The van der Waals surface area contributed by atoms with Gasteiger partial charge in [-0.2, -0.15) is 9.97 Å². The predicted molar refractivity (Wildman–Crippen MR) is 87.1 cm³/mol. The first kappa shape index (κ1) is 16.5. The van der Waals surface area contributed by atoms with Crippen LogP contribution in [0, 0.1) is 0 Å². The van der Waals surface area contributed by atoms with Crippen molar-refractivity contribution < 1.29 is 0 Å². The average Bonchev–Trinajstić information content (AvgIpc) is 2.45. The highest BCUT2D eigenvalue weighted by Crippen LogP contribution is 2.12. The van der Waals surface area contributed by atoms with Crippen LogP contribution in [0.5, 0.6) is 0 Å². The lowest BCUT2D eigenvalue weighted by Crippen LogP contribution is -2.07. The number of nitrogens with two attached hydrogens (primary N) is 1. The van der Waals surface area contributed by atoms with Gasteiger partial charge in [0.25, 0.3) is 0 Å². The van der Waals surface area contributed by atoms with Crippen molar-refractivity contribution in [3.63, 3.8) is 0 Å². The molecule has 5 heteroatoms. The van der Waals surface area contributed by atoms with Crippen molar-refractivity contribution in [2.45, 2.75) is 58.3 Å². The van der Waals surface area contributed by atoms with Crippen LogP contribution in [0.4, 0.5) is 17.6 Å².